The minimum absolute atomic E-state index is 0.120. The number of amides is 1. The van der Waals surface area contributed by atoms with E-state index in [2.05, 4.69) is 19.1 Å². The summed E-state index contributed by atoms with van der Waals surface area (Å²) in [6.07, 6.45) is 0.875. The summed E-state index contributed by atoms with van der Waals surface area (Å²) in [5, 5.41) is 0. The Morgan fingerprint density at radius 2 is 2.14 bits per heavy atom. The Bertz CT molecular complexity index is 384. The van der Waals surface area contributed by atoms with Gasteiger partial charge in [0.15, 0.2) is 0 Å². The Kier molecular flexibility index (Phi) is 2.06. The van der Waals surface area contributed by atoms with Gasteiger partial charge >= 0.3 is 0 Å². The molecule has 1 aromatic carbocycles. The number of benzene rings is 1. The molecule has 0 aliphatic carbocycles. The van der Waals surface area contributed by atoms with Crippen molar-refractivity contribution in [1.82, 2.24) is 0 Å². The SMILES string of the molecule is Cc1ccc2c(c1)CC(C)C(=O)N2C. The molecule has 74 valence electrons. The molecule has 0 saturated heterocycles. The van der Waals surface area contributed by atoms with E-state index in [0.29, 0.717) is 0 Å². The number of aryl methyl sites for hydroxylation is 1. The van der Waals surface area contributed by atoms with E-state index in [9.17, 15) is 4.79 Å². The predicted molar refractivity (Wildman–Crippen MR) is 57.5 cm³/mol. The minimum Gasteiger partial charge on any atom is -0.315 e. The van der Waals surface area contributed by atoms with E-state index >= 15 is 0 Å². The normalized spacial score (nSPS) is 20.9. The molecule has 1 atom stereocenters. The molecule has 0 saturated carbocycles. The summed E-state index contributed by atoms with van der Waals surface area (Å²) in [6, 6.07) is 6.27. The highest BCUT2D eigenvalue weighted by atomic mass is 16.2. The summed E-state index contributed by atoms with van der Waals surface area (Å²) < 4.78 is 0. The molecule has 0 N–H and O–H groups in total. The fourth-order valence-corrected chi connectivity index (χ4v) is 2.07. The smallest absolute Gasteiger partial charge is 0.229 e. The Morgan fingerprint density at radius 1 is 1.43 bits per heavy atom. The largest absolute Gasteiger partial charge is 0.315 e. The summed E-state index contributed by atoms with van der Waals surface area (Å²) in [7, 11) is 1.85. The lowest BCUT2D eigenvalue weighted by Gasteiger charge is -2.29. The van der Waals surface area contributed by atoms with Gasteiger partial charge in [-0.3, -0.25) is 4.79 Å². The Morgan fingerprint density at radius 3 is 2.86 bits per heavy atom. The van der Waals surface area contributed by atoms with Crippen molar-refractivity contribution in [3.8, 4) is 0 Å². The second kappa shape index (κ2) is 3.12. The van der Waals surface area contributed by atoms with Crippen molar-refractivity contribution in [3.05, 3.63) is 29.3 Å². The monoisotopic (exact) mass is 189 g/mol. The maximum Gasteiger partial charge on any atom is 0.229 e. The third kappa shape index (κ3) is 1.31. The van der Waals surface area contributed by atoms with Gasteiger partial charge in [0, 0.05) is 18.7 Å². The van der Waals surface area contributed by atoms with Gasteiger partial charge < -0.3 is 4.90 Å². The molecular weight excluding hydrogens is 174 g/mol. The molecule has 1 aliphatic heterocycles. The standard InChI is InChI=1S/C12H15NO/c1-8-4-5-11-10(6-8)7-9(2)12(14)13(11)3/h4-6,9H,7H2,1-3H3. The molecule has 14 heavy (non-hydrogen) atoms. The first-order valence-electron chi connectivity index (χ1n) is 4.96. The van der Waals surface area contributed by atoms with E-state index in [1.54, 1.807) is 4.90 Å². The molecule has 1 aliphatic rings. The first-order valence-corrected chi connectivity index (χ1v) is 4.96. The van der Waals surface area contributed by atoms with Crippen LogP contribution in [0.25, 0.3) is 0 Å². The summed E-state index contributed by atoms with van der Waals surface area (Å²) >= 11 is 0. The molecule has 0 radical (unpaired) electrons. The van der Waals surface area contributed by atoms with E-state index in [-0.39, 0.29) is 11.8 Å². The molecule has 0 aromatic heterocycles. The summed E-state index contributed by atoms with van der Waals surface area (Å²) in [5.74, 6) is 0.343. The summed E-state index contributed by atoms with van der Waals surface area (Å²) in [5.41, 5.74) is 3.62. The van der Waals surface area contributed by atoms with E-state index in [4.69, 9.17) is 0 Å². The van der Waals surface area contributed by atoms with Crippen LogP contribution in [0.15, 0.2) is 18.2 Å². The van der Waals surface area contributed by atoms with Crippen LogP contribution in [0.3, 0.4) is 0 Å². The molecule has 2 heteroatoms. The van der Waals surface area contributed by atoms with Gasteiger partial charge in [-0.2, -0.15) is 0 Å². The molecule has 1 amide bonds. The fourth-order valence-electron chi connectivity index (χ4n) is 2.07. The highest BCUT2D eigenvalue weighted by Crippen LogP contribution is 2.29. The first-order chi connectivity index (χ1) is 6.59. The quantitative estimate of drug-likeness (QED) is 0.612. The third-order valence-corrected chi connectivity index (χ3v) is 2.87. The fraction of sp³-hybridized carbons (Fsp3) is 0.417. The van der Waals surface area contributed by atoms with Crippen molar-refractivity contribution in [3.63, 3.8) is 0 Å². The lowest BCUT2D eigenvalue weighted by Crippen LogP contribution is -2.37. The molecule has 0 spiro atoms. The van der Waals surface area contributed by atoms with Crippen LogP contribution in [0.1, 0.15) is 18.1 Å². The van der Waals surface area contributed by atoms with Crippen LogP contribution in [-0.4, -0.2) is 13.0 Å². The van der Waals surface area contributed by atoms with Crippen LogP contribution in [0.5, 0.6) is 0 Å². The Hall–Kier alpha value is -1.31. The van der Waals surface area contributed by atoms with Crippen molar-refractivity contribution >= 4 is 11.6 Å². The highest BCUT2D eigenvalue weighted by molar-refractivity contribution is 5.97. The number of hydrogen-bond acceptors (Lipinski definition) is 1. The van der Waals surface area contributed by atoms with Crippen LogP contribution < -0.4 is 4.90 Å². The lowest BCUT2D eigenvalue weighted by atomic mass is 9.92. The molecule has 2 nitrogen and oxygen atoms in total. The Balaban J connectivity index is 2.50. The highest BCUT2D eigenvalue weighted by Gasteiger charge is 2.26. The van der Waals surface area contributed by atoms with Crippen molar-refractivity contribution in [1.29, 1.82) is 0 Å². The predicted octanol–water partition coefficient (Wildman–Crippen LogP) is 2.15. The van der Waals surface area contributed by atoms with Crippen molar-refractivity contribution in [2.75, 3.05) is 11.9 Å². The van der Waals surface area contributed by atoms with E-state index in [1.165, 1.54) is 11.1 Å². The summed E-state index contributed by atoms with van der Waals surface area (Å²) in [4.78, 5) is 13.5. The van der Waals surface area contributed by atoms with Crippen LogP contribution in [0, 0.1) is 12.8 Å². The minimum atomic E-state index is 0.120. The van der Waals surface area contributed by atoms with Crippen LogP contribution in [-0.2, 0) is 11.2 Å². The van der Waals surface area contributed by atoms with E-state index in [0.717, 1.165) is 12.1 Å². The average Bonchev–Trinajstić information content (AvgIpc) is 2.14. The number of nitrogens with zero attached hydrogens (tertiary/aromatic N) is 1. The number of hydrogen-bond donors (Lipinski definition) is 0. The first kappa shape index (κ1) is 9.25. The molecule has 2 rings (SSSR count). The summed E-state index contributed by atoms with van der Waals surface area (Å²) in [6.45, 7) is 4.07. The molecule has 1 heterocycles. The number of anilines is 1. The van der Waals surface area contributed by atoms with Gasteiger partial charge in [0.25, 0.3) is 0 Å². The zero-order chi connectivity index (χ0) is 10.3. The number of rotatable bonds is 0. The number of carbonyl (C=O) groups excluding carboxylic acids is 1. The van der Waals surface area contributed by atoms with Gasteiger partial charge in [0.05, 0.1) is 0 Å². The topological polar surface area (TPSA) is 20.3 Å². The van der Waals surface area contributed by atoms with Gasteiger partial charge in [-0.05, 0) is 25.0 Å². The van der Waals surface area contributed by atoms with Crippen molar-refractivity contribution in [2.24, 2.45) is 5.92 Å². The molecular formula is C12H15NO. The maximum absolute atomic E-state index is 11.7. The molecule has 0 bridgehead atoms. The number of carbonyl (C=O) groups is 1. The maximum atomic E-state index is 11.7. The lowest BCUT2D eigenvalue weighted by molar-refractivity contribution is -0.121. The second-order valence-electron chi connectivity index (χ2n) is 4.13. The van der Waals surface area contributed by atoms with Crippen LogP contribution in [0.2, 0.25) is 0 Å². The Labute approximate surface area is 84.5 Å². The molecule has 1 unspecified atom stereocenters. The molecule has 0 fully saturated rings. The second-order valence-corrected chi connectivity index (χ2v) is 4.13. The van der Waals surface area contributed by atoms with Crippen molar-refractivity contribution in [2.45, 2.75) is 20.3 Å². The van der Waals surface area contributed by atoms with Gasteiger partial charge in [-0.15, -0.1) is 0 Å². The molecule has 1 aromatic rings. The zero-order valence-electron chi connectivity index (χ0n) is 8.87. The third-order valence-electron chi connectivity index (χ3n) is 2.87. The van der Waals surface area contributed by atoms with Crippen LogP contribution in [0.4, 0.5) is 5.69 Å². The van der Waals surface area contributed by atoms with Crippen LogP contribution >= 0.6 is 0 Å². The van der Waals surface area contributed by atoms with Gasteiger partial charge in [0.2, 0.25) is 5.91 Å². The van der Waals surface area contributed by atoms with Crippen molar-refractivity contribution < 1.29 is 4.79 Å². The van der Waals surface area contributed by atoms with Gasteiger partial charge in [0.1, 0.15) is 0 Å². The number of fused-ring (bicyclic) bond motifs is 1. The zero-order valence-corrected chi connectivity index (χ0v) is 8.87. The average molecular weight is 189 g/mol. The van der Waals surface area contributed by atoms with Gasteiger partial charge in [-0.25, -0.2) is 0 Å². The van der Waals surface area contributed by atoms with E-state index in [1.807, 2.05) is 20.0 Å². The van der Waals surface area contributed by atoms with E-state index < -0.39 is 0 Å². The van der Waals surface area contributed by atoms with Gasteiger partial charge in [-0.1, -0.05) is 24.6 Å².